The second-order valence-electron chi connectivity index (χ2n) is 3.15. The molecule has 0 aromatic rings. The fourth-order valence-electron chi connectivity index (χ4n) is 1.26. The first-order chi connectivity index (χ1) is 6.97. The summed E-state index contributed by atoms with van der Waals surface area (Å²) >= 11 is 0. The van der Waals surface area contributed by atoms with Gasteiger partial charge in [-0.05, 0) is 0 Å². The zero-order chi connectivity index (χ0) is 11.6. The van der Waals surface area contributed by atoms with E-state index in [0.717, 1.165) is 0 Å². The maximum Gasteiger partial charge on any atom is 0.217 e. The summed E-state index contributed by atoms with van der Waals surface area (Å²) in [6, 6.07) is -1.22. The number of carbonyl (C=O) groups is 1. The molecule has 0 fully saturated rings. The van der Waals surface area contributed by atoms with Crippen LogP contribution in [0.1, 0.15) is 6.92 Å². The van der Waals surface area contributed by atoms with Crippen molar-refractivity contribution in [2.45, 2.75) is 25.4 Å². The van der Waals surface area contributed by atoms with Crippen LogP contribution in [-0.4, -0.2) is 51.4 Å². The predicted octanol–water partition coefficient (Wildman–Crippen LogP) is -1.47. The van der Waals surface area contributed by atoms with Crippen LogP contribution in [0.2, 0.25) is 0 Å². The highest BCUT2D eigenvalue weighted by Gasteiger charge is 2.37. The lowest BCUT2D eigenvalue weighted by Gasteiger charge is -2.31. The van der Waals surface area contributed by atoms with Gasteiger partial charge >= 0.3 is 0 Å². The number of carbonyl (C=O) groups excluding carboxylic acids is 1. The van der Waals surface area contributed by atoms with E-state index in [0.29, 0.717) is 0 Å². The Labute approximate surface area is 85.6 Å². The van der Waals surface area contributed by atoms with Gasteiger partial charge in [0.25, 0.3) is 0 Å². The molecule has 0 aliphatic carbocycles. The summed E-state index contributed by atoms with van der Waals surface area (Å²) < 4.78 is 4.75. The van der Waals surface area contributed by atoms with E-state index in [4.69, 9.17) is 9.84 Å². The summed E-state index contributed by atoms with van der Waals surface area (Å²) in [6.07, 6.45) is -2.69. The molecule has 0 aromatic heterocycles. The first-order valence-corrected chi connectivity index (χ1v) is 4.30. The first-order valence-electron chi connectivity index (χ1n) is 4.30. The van der Waals surface area contributed by atoms with Crippen LogP contribution in [0, 0.1) is 0 Å². The molecular weight excluding hydrogens is 206 g/mol. The molecule has 15 heavy (non-hydrogen) atoms. The van der Waals surface area contributed by atoms with Crippen molar-refractivity contribution in [3.63, 3.8) is 0 Å². The van der Waals surface area contributed by atoms with E-state index >= 15 is 0 Å². The lowest BCUT2D eigenvalue weighted by atomic mass is 10.1. The van der Waals surface area contributed by atoms with Crippen LogP contribution >= 0.6 is 0 Å². The van der Waals surface area contributed by atoms with Gasteiger partial charge in [-0.15, -0.1) is 0 Å². The molecule has 3 atom stereocenters. The van der Waals surface area contributed by atoms with Gasteiger partial charge in [0.2, 0.25) is 5.91 Å². The van der Waals surface area contributed by atoms with Crippen molar-refractivity contribution in [3.05, 3.63) is 11.5 Å². The summed E-state index contributed by atoms with van der Waals surface area (Å²) in [5, 5.41) is 39.0. The summed E-state index contributed by atoms with van der Waals surface area (Å²) in [5.41, 5.74) is 0. The van der Waals surface area contributed by atoms with Crippen molar-refractivity contribution in [1.29, 1.82) is 0 Å². The number of ether oxygens (including phenoxy) is 1. The summed E-state index contributed by atoms with van der Waals surface area (Å²) in [5.74, 6) is -1.70. The van der Waals surface area contributed by atoms with E-state index in [1.54, 1.807) is 0 Å². The highest BCUT2D eigenvalue weighted by atomic mass is 16.6. The largest absolute Gasteiger partial charge is 0.506 e. The van der Waals surface area contributed by atoms with Crippen LogP contribution < -0.4 is 5.32 Å². The summed E-state index contributed by atoms with van der Waals surface area (Å²) in [7, 11) is 0. The average Bonchev–Trinajstić information content (AvgIpc) is 2.18. The monoisotopic (exact) mass is 219 g/mol. The van der Waals surface area contributed by atoms with Gasteiger partial charge in [0.1, 0.15) is 12.1 Å². The van der Waals surface area contributed by atoms with Crippen molar-refractivity contribution < 1.29 is 30.0 Å². The minimum Gasteiger partial charge on any atom is -0.506 e. The smallest absolute Gasteiger partial charge is 0.217 e. The molecule has 0 bridgehead atoms. The zero-order valence-corrected chi connectivity index (χ0v) is 8.04. The molecule has 5 N–H and O–H groups in total. The number of nitrogens with one attached hydrogen (secondary N) is 1. The van der Waals surface area contributed by atoms with Gasteiger partial charge in [0, 0.05) is 6.92 Å². The topological polar surface area (TPSA) is 119 Å². The number of hydrogen-bond acceptors (Lipinski definition) is 6. The molecule has 7 heteroatoms. The van der Waals surface area contributed by atoms with Gasteiger partial charge in [-0.25, -0.2) is 0 Å². The second-order valence-corrected chi connectivity index (χ2v) is 3.15. The minimum absolute atomic E-state index is 0.496. The Morgan fingerprint density at radius 3 is 2.53 bits per heavy atom. The number of rotatable bonds is 2. The van der Waals surface area contributed by atoms with E-state index in [9.17, 15) is 20.1 Å². The average molecular weight is 219 g/mol. The lowest BCUT2D eigenvalue weighted by Crippen LogP contribution is -2.51. The van der Waals surface area contributed by atoms with Gasteiger partial charge in [-0.2, -0.15) is 0 Å². The molecule has 1 heterocycles. The highest BCUT2D eigenvalue weighted by molar-refractivity contribution is 5.73. The molecule has 0 radical (unpaired) electrons. The third-order valence-electron chi connectivity index (χ3n) is 1.98. The number of aliphatic hydroxyl groups excluding tert-OH is 4. The molecule has 7 nitrogen and oxygen atoms in total. The molecule has 0 saturated carbocycles. The van der Waals surface area contributed by atoms with Crippen molar-refractivity contribution in [2.24, 2.45) is 0 Å². The standard InChI is InChI=1S/C8H13NO6/c1-3(11)9-5-7(13)6(12)4(2-10)15-8(5)14/h4-5,8,10,12-14H,2H2,1H3,(H,9,11)/t4?,5?,8-/m1/s1. The van der Waals surface area contributed by atoms with Gasteiger partial charge in [0.15, 0.2) is 17.8 Å². The molecular formula is C8H13NO6. The van der Waals surface area contributed by atoms with Crippen LogP contribution in [0.25, 0.3) is 0 Å². The molecule has 0 aromatic carbocycles. The number of aliphatic hydroxyl groups is 4. The van der Waals surface area contributed by atoms with Crippen LogP contribution in [0.3, 0.4) is 0 Å². The number of hydrogen-bond donors (Lipinski definition) is 5. The molecule has 86 valence electrons. The molecule has 0 spiro atoms. The normalized spacial score (nSPS) is 31.5. The number of amides is 1. The maximum absolute atomic E-state index is 10.7. The van der Waals surface area contributed by atoms with E-state index in [-0.39, 0.29) is 0 Å². The Kier molecular flexibility index (Phi) is 3.51. The second kappa shape index (κ2) is 4.47. The molecule has 0 saturated heterocycles. The molecule has 1 amide bonds. The summed E-state index contributed by atoms with van der Waals surface area (Å²) in [4.78, 5) is 10.7. The fourth-order valence-corrected chi connectivity index (χ4v) is 1.26. The van der Waals surface area contributed by atoms with Crippen LogP contribution in [0.5, 0.6) is 0 Å². The Bertz CT molecular complexity index is 289. The Balaban J connectivity index is 2.89. The molecule has 1 aliphatic rings. The van der Waals surface area contributed by atoms with Gasteiger partial charge in [-0.1, -0.05) is 0 Å². The Hall–Kier alpha value is -1.31. The van der Waals surface area contributed by atoms with Crippen LogP contribution in [0.15, 0.2) is 11.5 Å². The van der Waals surface area contributed by atoms with Crippen LogP contribution in [-0.2, 0) is 9.53 Å². The third-order valence-corrected chi connectivity index (χ3v) is 1.98. The maximum atomic E-state index is 10.7. The molecule has 1 aliphatic heterocycles. The third kappa shape index (κ3) is 2.38. The van der Waals surface area contributed by atoms with Gasteiger partial charge in [-0.3, -0.25) is 4.79 Å². The minimum atomic E-state index is -1.51. The van der Waals surface area contributed by atoms with Crippen LogP contribution in [0.4, 0.5) is 0 Å². The van der Waals surface area contributed by atoms with Crippen molar-refractivity contribution in [2.75, 3.05) is 6.61 Å². The zero-order valence-electron chi connectivity index (χ0n) is 8.04. The SMILES string of the molecule is CC(=O)NC1C(O)=C(O)C(CO)O[C@H]1O. The predicted molar refractivity (Wildman–Crippen MR) is 47.9 cm³/mol. The Morgan fingerprint density at radius 2 is 2.07 bits per heavy atom. The van der Waals surface area contributed by atoms with E-state index in [2.05, 4.69) is 5.32 Å². The Morgan fingerprint density at radius 1 is 1.47 bits per heavy atom. The fraction of sp³-hybridized carbons (Fsp3) is 0.625. The van der Waals surface area contributed by atoms with E-state index < -0.39 is 42.5 Å². The van der Waals surface area contributed by atoms with Crippen molar-refractivity contribution in [1.82, 2.24) is 5.32 Å². The van der Waals surface area contributed by atoms with Crippen molar-refractivity contribution in [3.8, 4) is 0 Å². The van der Waals surface area contributed by atoms with Crippen molar-refractivity contribution >= 4 is 5.91 Å². The lowest BCUT2D eigenvalue weighted by molar-refractivity contribution is -0.175. The van der Waals surface area contributed by atoms with Gasteiger partial charge < -0.3 is 30.5 Å². The first kappa shape index (κ1) is 11.8. The summed E-state index contributed by atoms with van der Waals surface area (Å²) in [6.45, 7) is 0.606. The van der Waals surface area contributed by atoms with E-state index in [1.165, 1.54) is 6.92 Å². The molecule has 2 unspecified atom stereocenters. The van der Waals surface area contributed by atoms with Gasteiger partial charge in [0.05, 0.1) is 6.61 Å². The van der Waals surface area contributed by atoms with E-state index in [1.807, 2.05) is 0 Å². The quantitative estimate of drug-likeness (QED) is 0.387. The molecule has 1 rings (SSSR count). The highest BCUT2D eigenvalue weighted by Crippen LogP contribution is 2.21.